The number of hydrogen-bond donors (Lipinski definition) is 1. The number of carboxylic acids is 1. The Hall–Kier alpha value is -1.69. The quantitative estimate of drug-likeness (QED) is 0.919. The normalized spacial score (nSPS) is 19.8. The van der Waals surface area contributed by atoms with Gasteiger partial charge in [0.1, 0.15) is 5.82 Å². The van der Waals surface area contributed by atoms with Crippen LogP contribution in [0, 0.1) is 11.7 Å². The molecule has 100 valence electrons. The van der Waals surface area contributed by atoms with Crippen LogP contribution >= 0.6 is 11.3 Å². The Morgan fingerprint density at radius 3 is 3.11 bits per heavy atom. The average molecular weight is 280 g/mol. The molecule has 1 aromatic carbocycles. The molecule has 1 aromatic heterocycles. The van der Waals surface area contributed by atoms with Crippen molar-refractivity contribution >= 4 is 32.7 Å². The van der Waals surface area contributed by atoms with Crippen LogP contribution in [0.25, 0.3) is 10.2 Å². The lowest BCUT2D eigenvalue weighted by molar-refractivity contribution is -0.141. The van der Waals surface area contributed by atoms with Crippen LogP contribution in [0.2, 0.25) is 0 Å². The fraction of sp³-hybridized carbons (Fsp3) is 0.385. The minimum atomic E-state index is -0.767. The zero-order chi connectivity index (χ0) is 13.4. The summed E-state index contributed by atoms with van der Waals surface area (Å²) >= 11 is 1.29. The number of anilines is 1. The number of aliphatic carboxylic acids is 1. The maximum atomic E-state index is 13.6. The Balaban J connectivity index is 1.91. The molecule has 0 aliphatic carbocycles. The van der Waals surface area contributed by atoms with Gasteiger partial charge in [0.25, 0.3) is 0 Å². The molecule has 1 unspecified atom stereocenters. The zero-order valence-corrected chi connectivity index (χ0v) is 11.0. The van der Waals surface area contributed by atoms with E-state index in [0.717, 1.165) is 13.0 Å². The molecule has 1 saturated heterocycles. The third-order valence-corrected chi connectivity index (χ3v) is 4.54. The Kier molecular flexibility index (Phi) is 3.10. The van der Waals surface area contributed by atoms with Crippen LogP contribution in [0.15, 0.2) is 18.2 Å². The van der Waals surface area contributed by atoms with E-state index in [9.17, 15) is 9.18 Å². The largest absolute Gasteiger partial charge is 0.481 e. The van der Waals surface area contributed by atoms with Crippen LogP contribution in [0.3, 0.4) is 0 Å². The first-order chi connectivity index (χ1) is 9.15. The summed E-state index contributed by atoms with van der Waals surface area (Å²) in [7, 11) is 0. The molecule has 1 fully saturated rings. The van der Waals surface area contributed by atoms with E-state index in [1.165, 1.54) is 17.4 Å². The molecule has 0 amide bonds. The van der Waals surface area contributed by atoms with Gasteiger partial charge in [0.05, 0.1) is 16.1 Å². The molecule has 1 N–H and O–H groups in total. The highest BCUT2D eigenvalue weighted by Crippen LogP contribution is 2.32. The second-order valence-electron chi connectivity index (χ2n) is 4.71. The lowest BCUT2D eigenvalue weighted by atomic mass is 9.99. The van der Waals surface area contributed by atoms with Gasteiger partial charge in [0, 0.05) is 13.1 Å². The number of aromatic nitrogens is 1. The van der Waals surface area contributed by atoms with Crippen LogP contribution in [0.1, 0.15) is 12.8 Å². The van der Waals surface area contributed by atoms with Crippen LogP contribution < -0.4 is 4.90 Å². The van der Waals surface area contributed by atoms with Crippen LogP contribution in [0.5, 0.6) is 0 Å². The molecule has 6 heteroatoms. The predicted molar refractivity (Wildman–Crippen MR) is 72.2 cm³/mol. The maximum absolute atomic E-state index is 13.6. The summed E-state index contributed by atoms with van der Waals surface area (Å²) < 4.78 is 14.2. The number of hydrogen-bond acceptors (Lipinski definition) is 4. The van der Waals surface area contributed by atoms with Crippen molar-refractivity contribution in [2.45, 2.75) is 12.8 Å². The summed E-state index contributed by atoms with van der Waals surface area (Å²) in [6, 6.07) is 4.83. The average Bonchev–Trinajstić information content (AvgIpc) is 2.84. The Morgan fingerprint density at radius 2 is 2.37 bits per heavy atom. The minimum Gasteiger partial charge on any atom is -0.481 e. The SMILES string of the molecule is O=C(O)C1CCCN(c2nc3cccc(F)c3s2)C1. The van der Waals surface area contributed by atoms with Crippen molar-refractivity contribution in [2.75, 3.05) is 18.0 Å². The number of carbonyl (C=O) groups is 1. The Labute approximate surface area is 113 Å². The summed E-state index contributed by atoms with van der Waals surface area (Å²) in [5, 5.41) is 9.80. The number of carboxylic acid groups (broad SMARTS) is 1. The second-order valence-corrected chi connectivity index (χ2v) is 5.69. The number of piperidine rings is 1. The summed E-state index contributed by atoms with van der Waals surface area (Å²) in [5.41, 5.74) is 0.637. The van der Waals surface area contributed by atoms with Gasteiger partial charge in [-0.2, -0.15) is 0 Å². The molecule has 3 rings (SSSR count). The molecule has 1 atom stereocenters. The summed E-state index contributed by atoms with van der Waals surface area (Å²) in [5.74, 6) is -1.39. The second kappa shape index (κ2) is 4.77. The number of halogens is 1. The van der Waals surface area contributed by atoms with Crippen molar-refractivity contribution in [2.24, 2.45) is 5.92 Å². The van der Waals surface area contributed by atoms with Crippen LogP contribution in [-0.2, 0) is 4.79 Å². The molecular formula is C13H13FN2O2S. The predicted octanol–water partition coefficient (Wildman–Crippen LogP) is 2.74. The topological polar surface area (TPSA) is 53.4 Å². The molecule has 1 aliphatic rings. The van der Waals surface area contributed by atoms with Gasteiger partial charge in [-0.3, -0.25) is 4.79 Å². The van der Waals surface area contributed by atoms with Gasteiger partial charge in [0.2, 0.25) is 0 Å². The maximum Gasteiger partial charge on any atom is 0.308 e. The highest BCUT2D eigenvalue weighted by atomic mass is 32.1. The molecule has 0 saturated carbocycles. The number of nitrogens with zero attached hydrogens (tertiary/aromatic N) is 2. The van der Waals surface area contributed by atoms with Crippen molar-refractivity contribution in [1.29, 1.82) is 0 Å². The van der Waals surface area contributed by atoms with E-state index in [4.69, 9.17) is 5.11 Å². The van der Waals surface area contributed by atoms with Crippen LogP contribution in [0.4, 0.5) is 9.52 Å². The van der Waals surface area contributed by atoms with E-state index < -0.39 is 5.97 Å². The number of thiazole rings is 1. The number of benzene rings is 1. The summed E-state index contributed by atoms with van der Waals surface area (Å²) in [4.78, 5) is 17.4. The fourth-order valence-corrected chi connectivity index (χ4v) is 3.40. The van der Waals surface area contributed by atoms with Gasteiger partial charge in [0.15, 0.2) is 5.13 Å². The summed E-state index contributed by atoms with van der Waals surface area (Å²) in [6.07, 6.45) is 1.53. The Morgan fingerprint density at radius 1 is 1.53 bits per heavy atom. The van der Waals surface area contributed by atoms with E-state index in [-0.39, 0.29) is 11.7 Å². The van der Waals surface area contributed by atoms with Crippen molar-refractivity contribution in [3.8, 4) is 0 Å². The van der Waals surface area contributed by atoms with Crippen molar-refractivity contribution in [1.82, 2.24) is 4.98 Å². The molecule has 2 aromatic rings. The van der Waals surface area contributed by atoms with E-state index in [1.807, 2.05) is 4.90 Å². The van der Waals surface area contributed by atoms with Gasteiger partial charge in [-0.05, 0) is 25.0 Å². The zero-order valence-electron chi connectivity index (χ0n) is 10.2. The van der Waals surface area contributed by atoms with Crippen molar-refractivity contribution in [3.63, 3.8) is 0 Å². The van der Waals surface area contributed by atoms with E-state index in [1.54, 1.807) is 12.1 Å². The van der Waals surface area contributed by atoms with E-state index in [2.05, 4.69) is 4.98 Å². The molecule has 19 heavy (non-hydrogen) atoms. The smallest absolute Gasteiger partial charge is 0.308 e. The van der Waals surface area contributed by atoms with Gasteiger partial charge in [-0.1, -0.05) is 17.4 Å². The van der Waals surface area contributed by atoms with E-state index in [0.29, 0.717) is 28.3 Å². The molecule has 4 nitrogen and oxygen atoms in total. The number of fused-ring (bicyclic) bond motifs is 1. The first kappa shape index (κ1) is 12.3. The van der Waals surface area contributed by atoms with E-state index >= 15 is 0 Å². The minimum absolute atomic E-state index is 0.270. The van der Waals surface area contributed by atoms with Gasteiger partial charge >= 0.3 is 5.97 Å². The number of rotatable bonds is 2. The van der Waals surface area contributed by atoms with Crippen LogP contribution in [-0.4, -0.2) is 29.1 Å². The monoisotopic (exact) mass is 280 g/mol. The third kappa shape index (κ3) is 2.28. The highest BCUT2D eigenvalue weighted by molar-refractivity contribution is 7.22. The van der Waals surface area contributed by atoms with Crippen molar-refractivity contribution in [3.05, 3.63) is 24.0 Å². The first-order valence-corrected chi connectivity index (χ1v) is 6.99. The Bertz CT molecular complexity index is 628. The molecule has 2 heterocycles. The molecule has 0 spiro atoms. The van der Waals surface area contributed by atoms with Crippen molar-refractivity contribution < 1.29 is 14.3 Å². The van der Waals surface area contributed by atoms with Gasteiger partial charge in [-0.15, -0.1) is 0 Å². The van der Waals surface area contributed by atoms with Gasteiger partial charge in [-0.25, -0.2) is 9.37 Å². The standard InChI is InChI=1S/C13H13FN2O2S/c14-9-4-1-5-10-11(9)19-13(15-10)16-6-2-3-8(7-16)12(17)18/h1,4-5,8H,2-3,6-7H2,(H,17,18). The molecular weight excluding hydrogens is 267 g/mol. The molecule has 1 aliphatic heterocycles. The lowest BCUT2D eigenvalue weighted by Gasteiger charge is -2.30. The highest BCUT2D eigenvalue weighted by Gasteiger charge is 2.27. The third-order valence-electron chi connectivity index (χ3n) is 3.40. The summed E-state index contributed by atoms with van der Waals surface area (Å²) in [6.45, 7) is 1.24. The fourth-order valence-electron chi connectivity index (χ4n) is 2.39. The molecule has 0 radical (unpaired) electrons. The lowest BCUT2D eigenvalue weighted by Crippen LogP contribution is -2.38. The van der Waals surface area contributed by atoms with Gasteiger partial charge < -0.3 is 10.0 Å². The first-order valence-electron chi connectivity index (χ1n) is 6.18. The molecule has 0 bridgehead atoms.